The largest absolute Gasteiger partial charge is 0.372 e. The fourth-order valence-corrected chi connectivity index (χ4v) is 3.19. The van der Waals surface area contributed by atoms with Crippen molar-refractivity contribution in [3.63, 3.8) is 0 Å². The van der Waals surface area contributed by atoms with Gasteiger partial charge in [0, 0.05) is 37.1 Å². The van der Waals surface area contributed by atoms with Crippen molar-refractivity contribution in [3.8, 4) is 0 Å². The lowest BCUT2D eigenvalue weighted by molar-refractivity contribution is -0.136. The number of nitrogens with one attached hydrogen (secondary N) is 2. The molecule has 3 rings (SSSR count). The van der Waals surface area contributed by atoms with Crippen LogP contribution in [0.3, 0.4) is 0 Å². The summed E-state index contributed by atoms with van der Waals surface area (Å²) in [7, 11) is 0. The zero-order valence-electron chi connectivity index (χ0n) is 15.0. The number of carbonyl (C=O) groups excluding carboxylic acids is 2. The second-order valence-electron chi connectivity index (χ2n) is 6.41. The fourth-order valence-electron chi connectivity index (χ4n) is 3.19. The van der Waals surface area contributed by atoms with E-state index >= 15 is 0 Å². The number of fused-ring (bicyclic) bond motifs is 1. The van der Waals surface area contributed by atoms with Gasteiger partial charge in [0.25, 0.3) is 0 Å². The molecule has 0 saturated carbocycles. The van der Waals surface area contributed by atoms with Crippen LogP contribution in [-0.2, 0) is 22.6 Å². The molecular weight excluding hydrogens is 352 g/mol. The van der Waals surface area contributed by atoms with Gasteiger partial charge in [-0.25, -0.2) is 8.78 Å². The molecule has 1 aliphatic heterocycles. The molecule has 5 nitrogen and oxygen atoms in total. The standard InChI is InChI=1S/C20H21F2N3O2/c1-2-25-9-3-4-14-10-13(5-8-18(14)25)12-23-19(26)20(27)24-15-6-7-16(21)17(22)11-15/h5-8,10-11H,2-4,9,12H2,1H3,(H,23,26)(H,24,27). The highest BCUT2D eigenvalue weighted by atomic mass is 19.2. The second kappa shape index (κ2) is 8.16. The smallest absolute Gasteiger partial charge is 0.313 e. The second-order valence-corrected chi connectivity index (χ2v) is 6.41. The molecule has 0 aromatic heterocycles. The van der Waals surface area contributed by atoms with E-state index in [1.165, 1.54) is 17.3 Å². The van der Waals surface area contributed by atoms with E-state index in [0.29, 0.717) is 0 Å². The highest BCUT2D eigenvalue weighted by molar-refractivity contribution is 6.39. The molecule has 0 fully saturated rings. The van der Waals surface area contributed by atoms with Crippen molar-refractivity contribution in [2.75, 3.05) is 23.3 Å². The Hall–Kier alpha value is -2.96. The molecule has 0 saturated heterocycles. The van der Waals surface area contributed by atoms with Gasteiger partial charge in [-0.1, -0.05) is 12.1 Å². The Balaban J connectivity index is 1.58. The van der Waals surface area contributed by atoms with Crippen LogP contribution < -0.4 is 15.5 Å². The molecule has 0 unspecified atom stereocenters. The Morgan fingerprint density at radius 3 is 2.63 bits per heavy atom. The molecule has 2 aromatic carbocycles. The summed E-state index contributed by atoms with van der Waals surface area (Å²) >= 11 is 0. The van der Waals surface area contributed by atoms with Crippen molar-refractivity contribution < 1.29 is 18.4 Å². The summed E-state index contributed by atoms with van der Waals surface area (Å²) in [6.45, 7) is 4.33. The minimum absolute atomic E-state index is 0.0162. The van der Waals surface area contributed by atoms with Gasteiger partial charge in [-0.2, -0.15) is 0 Å². The molecular formula is C20H21F2N3O2. The molecule has 7 heteroatoms. The number of hydrogen-bond acceptors (Lipinski definition) is 3. The Kier molecular flexibility index (Phi) is 5.69. The van der Waals surface area contributed by atoms with Crippen LogP contribution in [0.1, 0.15) is 24.5 Å². The van der Waals surface area contributed by atoms with Gasteiger partial charge in [0.05, 0.1) is 0 Å². The first-order valence-electron chi connectivity index (χ1n) is 8.89. The molecule has 2 aromatic rings. The van der Waals surface area contributed by atoms with E-state index in [9.17, 15) is 18.4 Å². The van der Waals surface area contributed by atoms with Gasteiger partial charge in [-0.3, -0.25) is 9.59 Å². The topological polar surface area (TPSA) is 61.4 Å². The third-order valence-electron chi connectivity index (χ3n) is 4.58. The number of nitrogens with zero attached hydrogens (tertiary/aromatic N) is 1. The molecule has 2 N–H and O–H groups in total. The quantitative estimate of drug-likeness (QED) is 0.810. The number of amides is 2. The minimum atomic E-state index is -1.09. The summed E-state index contributed by atoms with van der Waals surface area (Å²) in [5.41, 5.74) is 3.37. The summed E-state index contributed by atoms with van der Waals surface area (Å²) in [4.78, 5) is 26.2. The van der Waals surface area contributed by atoms with E-state index in [-0.39, 0.29) is 12.2 Å². The van der Waals surface area contributed by atoms with Crippen molar-refractivity contribution in [2.24, 2.45) is 0 Å². The fraction of sp³-hybridized carbons (Fsp3) is 0.300. The Morgan fingerprint density at radius 1 is 1.07 bits per heavy atom. The molecule has 1 heterocycles. The number of halogens is 2. The molecule has 27 heavy (non-hydrogen) atoms. The van der Waals surface area contributed by atoms with Crippen molar-refractivity contribution >= 4 is 23.2 Å². The van der Waals surface area contributed by atoms with Gasteiger partial charge < -0.3 is 15.5 Å². The summed E-state index contributed by atoms with van der Waals surface area (Å²) in [5, 5.41) is 4.79. The SMILES string of the molecule is CCN1CCCc2cc(CNC(=O)C(=O)Nc3ccc(F)c(F)c3)ccc21. The number of benzene rings is 2. The van der Waals surface area contributed by atoms with E-state index in [1.807, 2.05) is 18.2 Å². The number of aryl methyl sites for hydroxylation is 1. The van der Waals surface area contributed by atoms with Crippen LogP contribution in [0, 0.1) is 11.6 Å². The maximum atomic E-state index is 13.2. The van der Waals surface area contributed by atoms with Crippen LogP contribution >= 0.6 is 0 Å². The van der Waals surface area contributed by atoms with Gasteiger partial charge in [0.1, 0.15) is 0 Å². The van der Waals surface area contributed by atoms with Gasteiger partial charge in [0.2, 0.25) is 0 Å². The van der Waals surface area contributed by atoms with E-state index in [2.05, 4.69) is 22.5 Å². The van der Waals surface area contributed by atoms with Gasteiger partial charge >= 0.3 is 11.8 Å². The summed E-state index contributed by atoms with van der Waals surface area (Å²) in [6, 6.07) is 8.91. The highest BCUT2D eigenvalue weighted by Gasteiger charge is 2.17. The molecule has 0 spiro atoms. The Morgan fingerprint density at radius 2 is 1.89 bits per heavy atom. The van der Waals surface area contributed by atoms with Crippen LogP contribution in [-0.4, -0.2) is 24.9 Å². The third-order valence-corrected chi connectivity index (χ3v) is 4.58. The zero-order valence-corrected chi connectivity index (χ0v) is 15.0. The summed E-state index contributed by atoms with van der Waals surface area (Å²) in [6.07, 6.45) is 2.08. The molecule has 0 bridgehead atoms. The van der Waals surface area contributed by atoms with Gasteiger partial charge in [0.15, 0.2) is 11.6 Å². The van der Waals surface area contributed by atoms with Crippen molar-refractivity contribution in [1.82, 2.24) is 5.32 Å². The Bertz CT molecular complexity index is 870. The average molecular weight is 373 g/mol. The van der Waals surface area contributed by atoms with Gasteiger partial charge in [-0.15, -0.1) is 0 Å². The van der Waals surface area contributed by atoms with Crippen LogP contribution in [0.4, 0.5) is 20.2 Å². The highest BCUT2D eigenvalue weighted by Crippen LogP contribution is 2.27. The van der Waals surface area contributed by atoms with Crippen LogP contribution in [0.5, 0.6) is 0 Å². The summed E-state index contributed by atoms with van der Waals surface area (Å²) < 4.78 is 26.1. The number of anilines is 2. The third kappa shape index (κ3) is 4.42. The minimum Gasteiger partial charge on any atom is -0.372 e. The molecule has 0 aliphatic carbocycles. The lowest BCUT2D eigenvalue weighted by Gasteiger charge is -2.30. The van der Waals surface area contributed by atoms with Crippen molar-refractivity contribution in [3.05, 3.63) is 59.2 Å². The molecule has 142 valence electrons. The van der Waals surface area contributed by atoms with E-state index < -0.39 is 23.4 Å². The Labute approximate surface area is 156 Å². The predicted octanol–water partition coefficient (Wildman–Crippen LogP) is 2.99. The van der Waals surface area contributed by atoms with Crippen LogP contribution in [0.25, 0.3) is 0 Å². The number of hydrogen-bond donors (Lipinski definition) is 2. The predicted molar refractivity (Wildman–Crippen MR) is 99.5 cm³/mol. The average Bonchev–Trinajstić information content (AvgIpc) is 2.68. The normalized spacial score (nSPS) is 13.1. The maximum Gasteiger partial charge on any atom is 0.313 e. The molecule has 0 atom stereocenters. The molecule has 0 radical (unpaired) electrons. The first kappa shape index (κ1) is 18.8. The van der Waals surface area contributed by atoms with Crippen LogP contribution in [0.15, 0.2) is 36.4 Å². The maximum absolute atomic E-state index is 13.2. The molecule has 1 aliphatic rings. The molecule has 2 amide bonds. The van der Waals surface area contributed by atoms with Crippen LogP contribution in [0.2, 0.25) is 0 Å². The zero-order chi connectivity index (χ0) is 19.4. The van der Waals surface area contributed by atoms with E-state index in [0.717, 1.165) is 43.6 Å². The van der Waals surface area contributed by atoms with Crippen molar-refractivity contribution in [1.29, 1.82) is 0 Å². The lowest BCUT2D eigenvalue weighted by Crippen LogP contribution is -2.35. The first-order valence-corrected chi connectivity index (χ1v) is 8.89. The van der Waals surface area contributed by atoms with E-state index in [4.69, 9.17) is 0 Å². The number of carbonyl (C=O) groups is 2. The monoisotopic (exact) mass is 373 g/mol. The summed E-state index contributed by atoms with van der Waals surface area (Å²) in [5.74, 6) is -3.89. The van der Waals surface area contributed by atoms with Gasteiger partial charge in [-0.05, 0) is 49.1 Å². The van der Waals surface area contributed by atoms with E-state index in [1.54, 1.807) is 0 Å². The lowest BCUT2D eigenvalue weighted by atomic mass is 9.99. The van der Waals surface area contributed by atoms with Crippen molar-refractivity contribution in [2.45, 2.75) is 26.3 Å². The first-order chi connectivity index (χ1) is 13.0. The number of rotatable bonds is 4.